The Bertz CT molecular complexity index is 1930. The predicted octanol–water partition coefficient (Wildman–Crippen LogP) is 14.5. The summed E-state index contributed by atoms with van der Waals surface area (Å²) in [6.07, 6.45) is 14.4. The minimum Gasteiger partial charge on any atom is -0.103 e. The monoisotopic (exact) mass is 714 g/mol. The standard InChI is InChI=1S/C38H28Br2.C3H6.C2H6/c1-3-26(21-25(2)27-11-6-4-7-12-27)31-17-19-33-35(23-31)37(39)34-20-18-32(24-36(34)38(33)40)30-16-10-15-29(22-30)28-13-8-5-9-14-28;1-3-2;1-2/h3-6,8-11,13-24H,1-2,7,12H2;3H,1H2,2H3;1-2H3/b26-21+;;. The zero-order valence-corrected chi connectivity index (χ0v) is 29.6. The van der Waals surface area contributed by atoms with E-state index in [0.717, 1.165) is 43.9 Å². The van der Waals surface area contributed by atoms with Crippen molar-refractivity contribution in [3.05, 3.63) is 173 Å². The van der Waals surface area contributed by atoms with Gasteiger partial charge in [0.1, 0.15) is 0 Å². The maximum atomic E-state index is 4.34. The lowest BCUT2D eigenvalue weighted by Gasteiger charge is -2.14. The quantitative estimate of drug-likeness (QED) is 0.0932. The largest absolute Gasteiger partial charge is 0.103 e. The first-order chi connectivity index (χ1) is 21.9. The molecule has 0 N–H and O–H groups in total. The molecule has 2 heteroatoms. The van der Waals surface area contributed by atoms with Gasteiger partial charge in [-0.1, -0.05) is 130 Å². The lowest BCUT2D eigenvalue weighted by Crippen LogP contribution is -1.91. The lowest BCUT2D eigenvalue weighted by atomic mass is 9.93. The number of hydrogen-bond acceptors (Lipinski definition) is 0. The van der Waals surface area contributed by atoms with Crippen LogP contribution in [-0.4, -0.2) is 0 Å². The summed E-state index contributed by atoms with van der Waals surface area (Å²) in [4.78, 5) is 0. The summed E-state index contributed by atoms with van der Waals surface area (Å²) in [5.41, 5.74) is 9.34. The van der Waals surface area contributed by atoms with Gasteiger partial charge < -0.3 is 0 Å². The van der Waals surface area contributed by atoms with Gasteiger partial charge in [0.05, 0.1) is 0 Å². The van der Waals surface area contributed by atoms with E-state index in [1.807, 2.05) is 26.8 Å². The molecule has 1 aliphatic rings. The van der Waals surface area contributed by atoms with Gasteiger partial charge >= 0.3 is 0 Å². The number of benzene rings is 5. The third kappa shape index (κ3) is 7.82. The van der Waals surface area contributed by atoms with Crippen LogP contribution in [-0.2, 0) is 0 Å². The van der Waals surface area contributed by atoms with Gasteiger partial charge in [0.25, 0.3) is 0 Å². The molecule has 0 aliphatic heterocycles. The summed E-state index contributed by atoms with van der Waals surface area (Å²) in [5, 5.41) is 4.68. The Kier molecular flexibility index (Phi) is 12.3. The summed E-state index contributed by atoms with van der Waals surface area (Å²) >= 11 is 7.92. The van der Waals surface area contributed by atoms with Crippen molar-refractivity contribution in [3.63, 3.8) is 0 Å². The zero-order valence-electron chi connectivity index (χ0n) is 26.4. The van der Waals surface area contributed by atoms with Gasteiger partial charge in [-0.05, 0) is 142 Å². The molecule has 0 nitrogen and oxygen atoms in total. The normalized spacial score (nSPS) is 12.4. The summed E-state index contributed by atoms with van der Waals surface area (Å²) in [6, 6.07) is 32.6. The maximum Gasteiger partial charge on any atom is 0.0333 e. The van der Waals surface area contributed by atoms with Crippen LogP contribution in [0.4, 0.5) is 0 Å². The fraction of sp³-hybridized carbons (Fsp3) is 0.116. The molecule has 0 bridgehead atoms. The summed E-state index contributed by atoms with van der Waals surface area (Å²) in [6.45, 7) is 17.7. The van der Waals surface area contributed by atoms with E-state index in [9.17, 15) is 0 Å². The minimum atomic E-state index is 1.02. The highest BCUT2D eigenvalue weighted by atomic mass is 79.9. The Hall–Kier alpha value is -3.98. The van der Waals surface area contributed by atoms with Crippen molar-refractivity contribution >= 4 is 59.0 Å². The van der Waals surface area contributed by atoms with Crippen LogP contribution in [0.3, 0.4) is 0 Å². The zero-order chi connectivity index (χ0) is 32.3. The Labute approximate surface area is 286 Å². The first-order valence-corrected chi connectivity index (χ1v) is 17.0. The van der Waals surface area contributed by atoms with Crippen molar-refractivity contribution in [2.24, 2.45) is 0 Å². The molecule has 1 aliphatic carbocycles. The Balaban J connectivity index is 0.000000871. The second-order valence-electron chi connectivity index (χ2n) is 10.5. The van der Waals surface area contributed by atoms with Crippen LogP contribution in [0.1, 0.15) is 39.2 Å². The molecule has 0 radical (unpaired) electrons. The molecule has 0 saturated carbocycles. The number of hydrogen-bond donors (Lipinski definition) is 0. The number of fused-ring (bicyclic) bond motifs is 2. The van der Waals surface area contributed by atoms with E-state index in [1.54, 1.807) is 6.08 Å². The molecule has 5 aromatic carbocycles. The van der Waals surface area contributed by atoms with E-state index in [0.29, 0.717) is 0 Å². The van der Waals surface area contributed by atoms with Crippen LogP contribution >= 0.6 is 31.9 Å². The van der Waals surface area contributed by atoms with E-state index < -0.39 is 0 Å². The molecule has 0 unspecified atom stereocenters. The third-order valence-electron chi connectivity index (χ3n) is 7.60. The highest BCUT2D eigenvalue weighted by Gasteiger charge is 2.14. The topological polar surface area (TPSA) is 0 Å². The van der Waals surface area contributed by atoms with E-state index in [1.165, 1.54) is 44.0 Å². The van der Waals surface area contributed by atoms with Crippen molar-refractivity contribution in [3.8, 4) is 22.3 Å². The summed E-state index contributed by atoms with van der Waals surface area (Å²) < 4.78 is 2.19. The van der Waals surface area contributed by atoms with E-state index in [4.69, 9.17) is 0 Å². The smallest absolute Gasteiger partial charge is 0.0333 e. The van der Waals surface area contributed by atoms with Crippen LogP contribution in [0.15, 0.2) is 167 Å². The SMILES string of the molecule is C=C/C(=C\C(=C)C1=CC=CCC1)c1ccc2c(Br)c3cc(-c4cccc(-c5ccccc5)c4)ccc3c(Br)c2c1.C=CC.CC. The molecular weight excluding hydrogens is 676 g/mol. The van der Waals surface area contributed by atoms with Crippen molar-refractivity contribution < 1.29 is 0 Å². The van der Waals surface area contributed by atoms with Gasteiger partial charge in [-0.15, -0.1) is 6.58 Å². The van der Waals surface area contributed by atoms with Gasteiger partial charge in [0.2, 0.25) is 0 Å². The molecule has 0 heterocycles. The van der Waals surface area contributed by atoms with E-state index in [-0.39, 0.29) is 0 Å². The predicted molar refractivity (Wildman–Crippen MR) is 209 cm³/mol. The molecule has 0 aromatic heterocycles. The highest BCUT2D eigenvalue weighted by molar-refractivity contribution is 9.11. The molecule has 5 aromatic rings. The van der Waals surface area contributed by atoms with Gasteiger partial charge in [-0.25, -0.2) is 0 Å². The van der Waals surface area contributed by atoms with Gasteiger partial charge in [-0.3, -0.25) is 0 Å². The first kappa shape index (κ1) is 33.9. The van der Waals surface area contributed by atoms with Crippen LogP contribution in [0, 0.1) is 0 Å². The molecular formula is C43H40Br2. The van der Waals surface area contributed by atoms with Crippen molar-refractivity contribution in [1.82, 2.24) is 0 Å². The molecule has 0 fully saturated rings. The molecule has 0 spiro atoms. The van der Waals surface area contributed by atoms with Crippen molar-refractivity contribution in [2.75, 3.05) is 0 Å². The van der Waals surface area contributed by atoms with Crippen LogP contribution < -0.4 is 0 Å². The van der Waals surface area contributed by atoms with Crippen LogP contribution in [0.25, 0.3) is 49.4 Å². The summed E-state index contributed by atoms with van der Waals surface area (Å²) in [7, 11) is 0. The van der Waals surface area contributed by atoms with Gasteiger partial charge in [0.15, 0.2) is 0 Å². The number of rotatable bonds is 6. The fourth-order valence-corrected chi connectivity index (χ4v) is 6.75. The van der Waals surface area contributed by atoms with Crippen molar-refractivity contribution in [1.29, 1.82) is 0 Å². The number of halogens is 2. The maximum absolute atomic E-state index is 4.34. The Morgan fingerprint density at radius 2 is 1.27 bits per heavy atom. The van der Waals surface area contributed by atoms with Gasteiger partial charge in [-0.2, -0.15) is 0 Å². The minimum absolute atomic E-state index is 1.02. The fourth-order valence-electron chi connectivity index (χ4n) is 5.40. The first-order valence-electron chi connectivity index (χ1n) is 15.4. The van der Waals surface area contributed by atoms with Crippen LogP contribution in [0.5, 0.6) is 0 Å². The number of allylic oxidation sites excluding steroid dienone is 9. The lowest BCUT2D eigenvalue weighted by molar-refractivity contribution is 0.979. The summed E-state index contributed by atoms with van der Waals surface area (Å²) in [5.74, 6) is 0. The van der Waals surface area contributed by atoms with Gasteiger partial charge in [0, 0.05) is 8.95 Å². The second-order valence-corrected chi connectivity index (χ2v) is 12.1. The van der Waals surface area contributed by atoms with Crippen LogP contribution in [0.2, 0.25) is 0 Å². The molecule has 226 valence electrons. The van der Waals surface area contributed by atoms with Crippen molar-refractivity contribution in [2.45, 2.75) is 33.6 Å². The molecule has 6 rings (SSSR count). The third-order valence-corrected chi connectivity index (χ3v) is 9.31. The Morgan fingerprint density at radius 3 is 1.89 bits per heavy atom. The molecule has 0 atom stereocenters. The second kappa shape index (κ2) is 16.4. The van der Waals surface area contributed by atoms with E-state index >= 15 is 0 Å². The molecule has 45 heavy (non-hydrogen) atoms. The highest BCUT2D eigenvalue weighted by Crippen LogP contribution is 2.42. The molecule has 0 amide bonds. The van der Waals surface area contributed by atoms with E-state index in [2.05, 4.69) is 167 Å². The average Bonchev–Trinajstić information content (AvgIpc) is 3.11. The average molecular weight is 717 g/mol. The molecule has 0 saturated heterocycles. The Morgan fingerprint density at radius 1 is 0.689 bits per heavy atom.